The molecule has 2 aliphatic heterocycles. The molecule has 0 aliphatic carbocycles. The normalized spacial score (nSPS) is 27.0. The van der Waals surface area contributed by atoms with Gasteiger partial charge in [0.05, 0.1) is 18.0 Å². The fraction of sp³-hybridized carbons (Fsp3) is 0.667. The number of nitrogens with zero attached hydrogens (tertiary/aromatic N) is 2. The molecule has 7 heteroatoms. The first kappa shape index (κ1) is 21.3. The minimum Gasteiger partial charge on any atom is -0.335 e. The fourth-order valence-electron chi connectivity index (χ4n) is 4.69. The zero-order chi connectivity index (χ0) is 20.5. The number of rotatable bonds is 4. The predicted octanol–water partition coefficient (Wildman–Crippen LogP) is 0.697. The number of piperidine rings is 1. The number of quaternary nitrogens is 1. The van der Waals surface area contributed by atoms with Crippen molar-refractivity contribution in [2.75, 3.05) is 45.8 Å². The second kappa shape index (κ2) is 8.51. The van der Waals surface area contributed by atoms with Gasteiger partial charge >= 0.3 is 0 Å². The number of benzene rings is 1. The zero-order valence-corrected chi connectivity index (χ0v) is 18.4. The van der Waals surface area contributed by atoms with E-state index in [9.17, 15) is 13.2 Å². The van der Waals surface area contributed by atoms with E-state index in [1.807, 2.05) is 30.9 Å². The van der Waals surface area contributed by atoms with Gasteiger partial charge in [0.15, 0.2) is 6.54 Å². The first-order chi connectivity index (χ1) is 13.2. The number of aryl methyl sites for hydroxylation is 2. The SMILES string of the molecule is Cc1ccc(C)c(S(=O)(=O)N2CCN(C(=O)C[NH+]3C[C@H](C)C[C@H](C)C3)CC2)c1. The number of nitrogens with one attached hydrogen (secondary N) is 1. The van der Waals surface area contributed by atoms with Crippen LogP contribution >= 0.6 is 0 Å². The van der Waals surface area contributed by atoms with Gasteiger partial charge in [-0.15, -0.1) is 0 Å². The van der Waals surface area contributed by atoms with Crippen LogP contribution in [0.15, 0.2) is 23.1 Å². The summed E-state index contributed by atoms with van der Waals surface area (Å²) in [6.45, 7) is 12.6. The van der Waals surface area contributed by atoms with Crippen molar-refractivity contribution in [2.45, 2.75) is 39.0 Å². The molecule has 0 saturated carbocycles. The van der Waals surface area contributed by atoms with E-state index in [-0.39, 0.29) is 5.91 Å². The van der Waals surface area contributed by atoms with Crippen LogP contribution in [-0.4, -0.2) is 69.3 Å². The van der Waals surface area contributed by atoms with E-state index in [1.165, 1.54) is 15.6 Å². The van der Waals surface area contributed by atoms with Crippen molar-refractivity contribution < 1.29 is 18.1 Å². The molecule has 6 nitrogen and oxygen atoms in total. The Labute approximate surface area is 169 Å². The Morgan fingerprint density at radius 3 is 2.29 bits per heavy atom. The molecule has 1 aromatic carbocycles. The molecule has 0 aromatic heterocycles. The second-order valence-corrected chi connectivity index (χ2v) is 10.7. The van der Waals surface area contributed by atoms with E-state index in [0.717, 1.165) is 24.2 Å². The van der Waals surface area contributed by atoms with Gasteiger partial charge in [-0.1, -0.05) is 26.0 Å². The molecule has 3 rings (SSSR count). The summed E-state index contributed by atoms with van der Waals surface area (Å²) in [6.07, 6.45) is 1.24. The molecule has 2 aliphatic rings. The maximum absolute atomic E-state index is 13.0. The van der Waals surface area contributed by atoms with Crippen LogP contribution in [0.25, 0.3) is 0 Å². The van der Waals surface area contributed by atoms with Crippen LogP contribution in [0.2, 0.25) is 0 Å². The highest BCUT2D eigenvalue weighted by molar-refractivity contribution is 7.89. The second-order valence-electron chi connectivity index (χ2n) is 8.83. The molecule has 1 aromatic rings. The number of carbonyl (C=O) groups is 1. The Morgan fingerprint density at radius 2 is 1.68 bits per heavy atom. The molecule has 2 heterocycles. The highest BCUT2D eigenvalue weighted by Gasteiger charge is 2.33. The molecular weight excluding hydrogens is 374 g/mol. The minimum absolute atomic E-state index is 0.153. The number of sulfonamides is 1. The van der Waals surface area contributed by atoms with E-state index in [2.05, 4.69) is 13.8 Å². The number of piperazine rings is 1. The quantitative estimate of drug-likeness (QED) is 0.798. The van der Waals surface area contributed by atoms with Crippen molar-refractivity contribution in [1.29, 1.82) is 0 Å². The van der Waals surface area contributed by atoms with Gasteiger partial charge in [-0.25, -0.2) is 8.42 Å². The third-order valence-corrected chi connectivity index (χ3v) is 8.07. The predicted molar refractivity (Wildman–Crippen MR) is 110 cm³/mol. The van der Waals surface area contributed by atoms with Crippen molar-refractivity contribution >= 4 is 15.9 Å². The van der Waals surface area contributed by atoms with Crippen LogP contribution in [0, 0.1) is 25.7 Å². The lowest BCUT2D eigenvalue weighted by Crippen LogP contribution is -3.15. The molecule has 0 bridgehead atoms. The first-order valence-corrected chi connectivity index (χ1v) is 11.8. The third-order valence-electron chi connectivity index (χ3n) is 6.03. The van der Waals surface area contributed by atoms with Crippen LogP contribution in [0.4, 0.5) is 0 Å². The molecule has 0 radical (unpaired) electrons. The highest BCUT2D eigenvalue weighted by Crippen LogP contribution is 2.22. The lowest BCUT2D eigenvalue weighted by molar-refractivity contribution is -0.904. The zero-order valence-electron chi connectivity index (χ0n) is 17.6. The summed E-state index contributed by atoms with van der Waals surface area (Å²) in [5.74, 6) is 1.47. The Kier molecular flexibility index (Phi) is 6.47. The van der Waals surface area contributed by atoms with E-state index in [4.69, 9.17) is 0 Å². The lowest BCUT2D eigenvalue weighted by atomic mass is 9.92. The van der Waals surface area contributed by atoms with Crippen molar-refractivity contribution in [1.82, 2.24) is 9.21 Å². The van der Waals surface area contributed by atoms with Gasteiger partial charge in [-0.2, -0.15) is 4.31 Å². The summed E-state index contributed by atoms with van der Waals surface area (Å²) in [7, 11) is -3.52. The van der Waals surface area contributed by atoms with Gasteiger partial charge < -0.3 is 9.80 Å². The van der Waals surface area contributed by atoms with Crippen molar-refractivity contribution in [3.63, 3.8) is 0 Å². The summed E-state index contributed by atoms with van der Waals surface area (Å²) in [5, 5.41) is 0. The van der Waals surface area contributed by atoms with Gasteiger partial charge in [0.1, 0.15) is 0 Å². The first-order valence-electron chi connectivity index (χ1n) is 10.4. The standard InChI is InChI=1S/C21H33N3O3S/c1-16-5-6-19(4)20(12-16)28(26,27)24-9-7-23(8-10-24)21(25)15-22-13-17(2)11-18(3)14-22/h5-6,12,17-18H,7-11,13-15H2,1-4H3/p+1/t17-,18+. The molecule has 2 fully saturated rings. The Bertz CT molecular complexity index is 806. The monoisotopic (exact) mass is 408 g/mol. The molecule has 0 spiro atoms. The summed E-state index contributed by atoms with van der Waals surface area (Å²) in [5.41, 5.74) is 1.70. The van der Waals surface area contributed by atoms with E-state index in [1.54, 1.807) is 6.07 Å². The fourth-order valence-corrected chi connectivity index (χ4v) is 6.43. The van der Waals surface area contributed by atoms with Gasteiger partial charge in [-0.05, 0) is 37.5 Å². The summed E-state index contributed by atoms with van der Waals surface area (Å²) in [6, 6.07) is 5.52. The van der Waals surface area contributed by atoms with Gasteiger partial charge in [0.2, 0.25) is 10.0 Å². The maximum Gasteiger partial charge on any atom is 0.277 e. The smallest absolute Gasteiger partial charge is 0.277 e. The average Bonchev–Trinajstić information content (AvgIpc) is 2.63. The number of carbonyl (C=O) groups excluding carboxylic acids is 1. The van der Waals surface area contributed by atoms with Crippen molar-refractivity contribution in [2.24, 2.45) is 11.8 Å². The number of amides is 1. The molecule has 1 unspecified atom stereocenters. The molecule has 1 N–H and O–H groups in total. The van der Waals surface area contributed by atoms with E-state index >= 15 is 0 Å². The summed E-state index contributed by atoms with van der Waals surface area (Å²) < 4.78 is 27.6. The van der Waals surface area contributed by atoms with Gasteiger partial charge in [-0.3, -0.25) is 4.79 Å². The van der Waals surface area contributed by atoms with Crippen LogP contribution < -0.4 is 4.90 Å². The summed E-state index contributed by atoms with van der Waals surface area (Å²) in [4.78, 5) is 16.3. The number of hydrogen-bond acceptors (Lipinski definition) is 3. The largest absolute Gasteiger partial charge is 0.335 e. The summed E-state index contributed by atoms with van der Waals surface area (Å²) >= 11 is 0. The van der Waals surface area contributed by atoms with Crippen LogP contribution in [0.5, 0.6) is 0 Å². The Balaban J connectivity index is 1.59. The molecule has 156 valence electrons. The van der Waals surface area contributed by atoms with Crippen molar-refractivity contribution in [3.8, 4) is 0 Å². The van der Waals surface area contributed by atoms with Crippen LogP contribution in [0.3, 0.4) is 0 Å². The van der Waals surface area contributed by atoms with Gasteiger partial charge in [0.25, 0.3) is 5.91 Å². The number of hydrogen-bond donors (Lipinski definition) is 1. The molecular formula is C21H34N3O3S+. The lowest BCUT2D eigenvalue weighted by Gasteiger charge is -2.36. The average molecular weight is 409 g/mol. The van der Waals surface area contributed by atoms with Crippen LogP contribution in [0.1, 0.15) is 31.4 Å². The van der Waals surface area contributed by atoms with E-state index in [0.29, 0.717) is 49.5 Å². The Hall–Kier alpha value is -1.44. The number of likely N-dealkylation sites (tertiary alicyclic amines) is 1. The minimum atomic E-state index is -3.52. The highest BCUT2D eigenvalue weighted by atomic mass is 32.2. The van der Waals surface area contributed by atoms with E-state index < -0.39 is 10.0 Å². The Morgan fingerprint density at radius 1 is 1.07 bits per heavy atom. The van der Waals surface area contributed by atoms with Crippen molar-refractivity contribution in [3.05, 3.63) is 29.3 Å². The molecule has 28 heavy (non-hydrogen) atoms. The molecule has 1 amide bonds. The van der Waals surface area contributed by atoms with Gasteiger partial charge in [0, 0.05) is 38.0 Å². The third kappa shape index (κ3) is 4.75. The topological polar surface area (TPSA) is 62.1 Å². The molecule has 3 atom stereocenters. The molecule has 2 saturated heterocycles. The maximum atomic E-state index is 13.0. The van der Waals surface area contributed by atoms with Crippen LogP contribution in [-0.2, 0) is 14.8 Å².